The second-order valence-corrected chi connectivity index (χ2v) is 6.04. The normalized spacial score (nSPS) is 43.8. The molecule has 3 heterocycles. The molecule has 4 bridgehead atoms. The molecule has 0 N–H and O–H groups in total. The third-order valence-electron chi connectivity index (χ3n) is 4.78. The molecule has 1 aromatic rings. The van der Waals surface area contributed by atoms with Crippen LogP contribution in [0.4, 0.5) is 0 Å². The van der Waals surface area contributed by atoms with Crippen LogP contribution in [0.3, 0.4) is 0 Å². The van der Waals surface area contributed by atoms with Crippen LogP contribution in [0.1, 0.15) is 24.2 Å². The highest BCUT2D eigenvalue weighted by atomic mass is 16.9. The topological polar surface area (TPSA) is 54.0 Å². The Morgan fingerprint density at radius 2 is 1.52 bits per heavy atom. The number of benzene rings is 1. The Kier molecular flexibility index (Phi) is 3.03. The van der Waals surface area contributed by atoms with E-state index in [1.54, 1.807) is 12.1 Å². The first-order valence-electron chi connectivity index (χ1n) is 7.37. The Balaban J connectivity index is 1.56. The number of esters is 1. The molecule has 5 rings (SSSR count). The van der Waals surface area contributed by atoms with E-state index in [4.69, 9.17) is 18.9 Å². The Labute approximate surface area is 123 Å². The average molecular weight is 290 g/mol. The molecule has 4 unspecified atom stereocenters. The van der Waals surface area contributed by atoms with Crippen LogP contribution >= 0.6 is 0 Å². The number of rotatable bonds is 2. The maximum absolute atomic E-state index is 12.3. The van der Waals surface area contributed by atoms with Gasteiger partial charge in [0.1, 0.15) is 12.2 Å². The molecule has 21 heavy (non-hydrogen) atoms. The fraction of sp³-hybridized carbons (Fsp3) is 0.562. The summed E-state index contributed by atoms with van der Waals surface area (Å²) in [5, 5.41) is 0. The zero-order chi connectivity index (χ0) is 14.6. The third kappa shape index (κ3) is 1.99. The van der Waals surface area contributed by atoms with Gasteiger partial charge in [-0.05, 0) is 12.1 Å². The summed E-state index contributed by atoms with van der Waals surface area (Å²) in [6.07, 6.45) is -0.578. The van der Waals surface area contributed by atoms with Crippen molar-refractivity contribution in [3.8, 4) is 0 Å². The smallest absolute Gasteiger partial charge is 0.338 e. The number of ether oxygens (including phenoxy) is 4. The molecule has 1 aliphatic carbocycles. The number of carbonyl (C=O) groups is 1. The monoisotopic (exact) mass is 290 g/mol. The van der Waals surface area contributed by atoms with Crippen molar-refractivity contribution >= 4 is 5.97 Å². The summed E-state index contributed by atoms with van der Waals surface area (Å²) in [7, 11) is 0. The zero-order valence-corrected chi connectivity index (χ0v) is 12.0. The van der Waals surface area contributed by atoms with Crippen LogP contribution in [-0.4, -0.2) is 36.9 Å². The molecule has 5 heteroatoms. The highest BCUT2D eigenvalue weighted by Gasteiger charge is 2.60. The van der Waals surface area contributed by atoms with Crippen LogP contribution in [0.15, 0.2) is 30.3 Å². The molecule has 7 atom stereocenters. The first-order chi connectivity index (χ1) is 10.1. The van der Waals surface area contributed by atoms with E-state index < -0.39 is 6.48 Å². The van der Waals surface area contributed by atoms with Gasteiger partial charge in [0.25, 0.3) is 6.48 Å². The van der Waals surface area contributed by atoms with E-state index in [9.17, 15) is 4.79 Å². The predicted octanol–water partition coefficient (Wildman–Crippen LogP) is 1.96. The Bertz CT molecular complexity index is 525. The summed E-state index contributed by atoms with van der Waals surface area (Å²) < 4.78 is 22.8. The van der Waals surface area contributed by atoms with Crippen LogP contribution in [0, 0.1) is 11.8 Å². The summed E-state index contributed by atoms with van der Waals surface area (Å²) in [4.78, 5) is 12.3. The lowest BCUT2D eigenvalue weighted by Crippen LogP contribution is -2.70. The van der Waals surface area contributed by atoms with Crippen molar-refractivity contribution in [2.45, 2.75) is 44.7 Å². The molecule has 0 amide bonds. The van der Waals surface area contributed by atoms with Gasteiger partial charge in [-0.3, -0.25) is 0 Å². The lowest BCUT2D eigenvalue weighted by molar-refractivity contribution is -0.469. The van der Waals surface area contributed by atoms with Crippen molar-refractivity contribution in [3.63, 3.8) is 0 Å². The second kappa shape index (κ2) is 4.80. The Morgan fingerprint density at radius 3 is 2.14 bits per heavy atom. The van der Waals surface area contributed by atoms with E-state index in [0.29, 0.717) is 5.56 Å². The molecule has 3 saturated heterocycles. The molecule has 0 radical (unpaired) electrons. The summed E-state index contributed by atoms with van der Waals surface area (Å²) in [5.74, 6) is 0.0375. The van der Waals surface area contributed by atoms with E-state index in [1.807, 2.05) is 18.2 Å². The van der Waals surface area contributed by atoms with Gasteiger partial charge >= 0.3 is 5.97 Å². The molecular formula is C16H18O5. The zero-order valence-electron chi connectivity index (χ0n) is 12.0. The van der Waals surface area contributed by atoms with E-state index in [0.717, 1.165) is 0 Å². The van der Waals surface area contributed by atoms with Gasteiger partial charge < -0.3 is 18.9 Å². The van der Waals surface area contributed by atoms with Gasteiger partial charge in [0.05, 0.1) is 11.7 Å². The molecule has 5 nitrogen and oxygen atoms in total. The Morgan fingerprint density at radius 1 is 0.952 bits per heavy atom. The molecule has 0 spiro atoms. The van der Waals surface area contributed by atoms with Crippen molar-refractivity contribution in [1.82, 2.24) is 0 Å². The highest BCUT2D eigenvalue weighted by molar-refractivity contribution is 5.89. The maximum Gasteiger partial charge on any atom is 0.338 e. The number of hydrogen-bond acceptors (Lipinski definition) is 5. The fourth-order valence-electron chi connectivity index (χ4n) is 3.67. The SMILES string of the molecule is CC1C2OC3O[C@H]1C(OC(=O)c1ccccc1)[C@H](O3)[C@H]2C. The molecule has 1 aromatic carbocycles. The highest BCUT2D eigenvalue weighted by Crippen LogP contribution is 2.46. The van der Waals surface area contributed by atoms with E-state index in [-0.39, 0.29) is 42.2 Å². The molecule has 3 aliphatic heterocycles. The van der Waals surface area contributed by atoms with E-state index >= 15 is 0 Å². The maximum atomic E-state index is 12.3. The van der Waals surface area contributed by atoms with Crippen LogP contribution in [0.2, 0.25) is 0 Å². The lowest BCUT2D eigenvalue weighted by atomic mass is 9.73. The second-order valence-electron chi connectivity index (χ2n) is 6.04. The first-order valence-corrected chi connectivity index (χ1v) is 7.37. The van der Waals surface area contributed by atoms with Gasteiger partial charge in [-0.2, -0.15) is 0 Å². The van der Waals surface area contributed by atoms with Gasteiger partial charge in [-0.1, -0.05) is 32.0 Å². The molecular weight excluding hydrogens is 272 g/mol. The van der Waals surface area contributed by atoms with Gasteiger partial charge in [-0.15, -0.1) is 0 Å². The summed E-state index contributed by atoms with van der Waals surface area (Å²) in [5.41, 5.74) is 0.544. The average Bonchev–Trinajstić information content (AvgIpc) is 2.51. The molecule has 4 aliphatic rings. The third-order valence-corrected chi connectivity index (χ3v) is 4.78. The van der Waals surface area contributed by atoms with Crippen LogP contribution in [0.25, 0.3) is 0 Å². The van der Waals surface area contributed by atoms with Crippen LogP contribution in [0.5, 0.6) is 0 Å². The van der Waals surface area contributed by atoms with Crippen LogP contribution in [-0.2, 0) is 18.9 Å². The predicted molar refractivity (Wildman–Crippen MR) is 72.4 cm³/mol. The fourth-order valence-corrected chi connectivity index (χ4v) is 3.67. The van der Waals surface area contributed by atoms with Crippen molar-refractivity contribution < 1.29 is 23.7 Å². The van der Waals surface area contributed by atoms with Crippen LogP contribution < -0.4 is 0 Å². The lowest BCUT2D eigenvalue weighted by Gasteiger charge is -2.58. The number of carbonyl (C=O) groups excluding carboxylic acids is 1. The minimum Gasteiger partial charge on any atom is -0.453 e. The number of hydrogen-bond donors (Lipinski definition) is 0. The minimum absolute atomic E-state index is 0.110. The molecule has 112 valence electrons. The minimum atomic E-state index is -0.607. The summed E-state index contributed by atoms with van der Waals surface area (Å²) >= 11 is 0. The molecule has 0 aromatic heterocycles. The van der Waals surface area contributed by atoms with Gasteiger partial charge in [0.2, 0.25) is 0 Å². The van der Waals surface area contributed by atoms with E-state index in [2.05, 4.69) is 13.8 Å². The van der Waals surface area contributed by atoms with Gasteiger partial charge in [0, 0.05) is 11.8 Å². The Hall–Kier alpha value is -1.43. The van der Waals surface area contributed by atoms with Crippen molar-refractivity contribution in [2.24, 2.45) is 11.8 Å². The van der Waals surface area contributed by atoms with Gasteiger partial charge in [0.15, 0.2) is 6.10 Å². The first kappa shape index (κ1) is 13.2. The standard InChI is InChI=1S/C16H18O5/c1-8-11-9(2)13-14(12(8)20-16(19-11)21-13)18-15(17)10-6-4-3-5-7-10/h3-9,11-14,16H,1-2H3/t8-,9?,11?,12+,13+,14?,16?/m0/s1. The largest absolute Gasteiger partial charge is 0.453 e. The summed E-state index contributed by atoms with van der Waals surface area (Å²) in [6.45, 7) is 3.55. The van der Waals surface area contributed by atoms with Crippen molar-refractivity contribution in [2.75, 3.05) is 0 Å². The van der Waals surface area contributed by atoms with Crippen molar-refractivity contribution in [1.29, 1.82) is 0 Å². The quantitative estimate of drug-likeness (QED) is 0.779. The molecule has 1 saturated carbocycles. The van der Waals surface area contributed by atoms with E-state index in [1.165, 1.54) is 0 Å². The summed E-state index contributed by atoms with van der Waals surface area (Å²) in [6, 6.07) is 9.00. The van der Waals surface area contributed by atoms with Gasteiger partial charge in [-0.25, -0.2) is 4.79 Å². The molecule has 4 fully saturated rings. The van der Waals surface area contributed by atoms with Crippen molar-refractivity contribution in [3.05, 3.63) is 35.9 Å².